The molecule has 5 nitrogen and oxygen atoms in total. The summed E-state index contributed by atoms with van der Waals surface area (Å²) < 4.78 is 4.80. The molecule has 0 aromatic heterocycles. The summed E-state index contributed by atoms with van der Waals surface area (Å²) in [5.74, 6) is -0.388. The predicted octanol–water partition coefficient (Wildman–Crippen LogP) is -0.438. The van der Waals surface area contributed by atoms with E-state index in [9.17, 15) is 9.59 Å². The molecule has 1 saturated heterocycles. The van der Waals surface area contributed by atoms with Crippen LogP contribution in [0.4, 0.5) is 4.79 Å². The average Bonchev–Trinajstić information content (AvgIpc) is 1.96. The molecule has 6 heteroatoms. The molecule has 0 aliphatic carbocycles. The van der Waals surface area contributed by atoms with Crippen molar-refractivity contribution >= 4 is 27.9 Å². The highest BCUT2D eigenvalue weighted by molar-refractivity contribution is 9.10. The van der Waals surface area contributed by atoms with Gasteiger partial charge in [-0.15, -0.1) is 0 Å². The van der Waals surface area contributed by atoms with Crippen molar-refractivity contribution in [2.45, 2.75) is 11.1 Å². The normalized spacial score (nSPS) is 31.1. The number of halogens is 1. The second-order valence-electron chi connectivity index (χ2n) is 2.02. The molecule has 2 atom stereocenters. The van der Waals surface area contributed by atoms with Crippen LogP contribution in [-0.4, -0.2) is 30.1 Å². The SMILES string of the molecule is CO[C@H]1NC(=O)NC(=O)[C@H]1Br. The third-order valence-corrected chi connectivity index (χ3v) is 2.18. The number of ether oxygens (including phenoxy) is 1. The molecule has 0 radical (unpaired) electrons. The first-order valence-electron chi connectivity index (χ1n) is 2.93. The molecule has 0 unspecified atom stereocenters. The number of methoxy groups -OCH3 is 1. The highest BCUT2D eigenvalue weighted by Crippen LogP contribution is 2.09. The molecule has 1 heterocycles. The monoisotopic (exact) mass is 222 g/mol. The topological polar surface area (TPSA) is 67.4 Å². The van der Waals surface area contributed by atoms with E-state index < -0.39 is 17.1 Å². The molecule has 1 aliphatic heterocycles. The third-order valence-electron chi connectivity index (χ3n) is 1.28. The molecule has 2 N–H and O–H groups in total. The highest BCUT2D eigenvalue weighted by atomic mass is 79.9. The summed E-state index contributed by atoms with van der Waals surface area (Å²) in [6, 6.07) is -0.530. The van der Waals surface area contributed by atoms with E-state index in [1.807, 2.05) is 0 Å². The van der Waals surface area contributed by atoms with Crippen LogP contribution in [0.2, 0.25) is 0 Å². The summed E-state index contributed by atoms with van der Waals surface area (Å²) >= 11 is 3.06. The van der Waals surface area contributed by atoms with Gasteiger partial charge in [-0.2, -0.15) is 0 Å². The minimum atomic E-state index is -0.587. The molecule has 0 aromatic carbocycles. The quantitative estimate of drug-likeness (QED) is 0.592. The van der Waals surface area contributed by atoms with Gasteiger partial charge in [0.25, 0.3) is 0 Å². The lowest BCUT2D eigenvalue weighted by molar-refractivity contribution is -0.123. The van der Waals surface area contributed by atoms with Crippen LogP contribution in [0.1, 0.15) is 0 Å². The smallest absolute Gasteiger partial charge is 0.323 e. The van der Waals surface area contributed by atoms with Crippen molar-refractivity contribution in [3.05, 3.63) is 0 Å². The van der Waals surface area contributed by atoms with Gasteiger partial charge < -0.3 is 10.1 Å². The van der Waals surface area contributed by atoms with Crippen LogP contribution in [0.25, 0.3) is 0 Å². The molecule has 3 amide bonds. The number of carbonyl (C=O) groups is 2. The Bertz CT molecular complexity index is 196. The standard InChI is InChI=1S/C5H7BrN2O3/c1-11-4-2(6)3(9)7-5(10)8-4/h2,4H,1H3,(H2,7,8,9,10)/t2-,4-/m1/s1. The van der Waals surface area contributed by atoms with Gasteiger partial charge in [0.15, 0.2) is 6.23 Å². The van der Waals surface area contributed by atoms with Crippen LogP contribution in [-0.2, 0) is 9.53 Å². The van der Waals surface area contributed by atoms with Crippen LogP contribution in [0.3, 0.4) is 0 Å². The van der Waals surface area contributed by atoms with Crippen molar-refractivity contribution < 1.29 is 14.3 Å². The van der Waals surface area contributed by atoms with E-state index in [0.29, 0.717) is 0 Å². The summed E-state index contributed by atoms with van der Waals surface area (Å²) in [5.41, 5.74) is 0. The fraction of sp³-hybridized carbons (Fsp3) is 0.600. The van der Waals surface area contributed by atoms with Gasteiger partial charge in [0.2, 0.25) is 5.91 Å². The second kappa shape index (κ2) is 3.19. The van der Waals surface area contributed by atoms with E-state index in [1.54, 1.807) is 0 Å². The maximum absolute atomic E-state index is 10.9. The summed E-state index contributed by atoms with van der Waals surface area (Å²) in [4.78, 5) is 21.0. The lowest BCUT2D eigenvalue weighted by atomic mass is 10.3. The zero-order chi connectivity index (χ0) is 8.43. The van der Waals surface area contributed by atoms with E-state index in [0.717, 1.165) is 0 Å². The highest BCUT2D eigenvalue weighted by Gasteiger charge is 2.33. The number of amides is 3. The Kier molecular flexibility index (Phi) is 2.45. The van der Waals surface area contributed by atoms with Crippen molar-refractivity contribution in [3.8, 4) is 0 Å². The fourth-order valence-corrected chi connectivity index (χ4v) is 1.20. The number of alkyl halides is 1. The first kappa shape index (κ1) is 8.48. The Morgan fingerprint density at radius 3 is 2.73 bits per heavy atom. The first-order chi connectivity index (χ1) is 5.15. The molecule has 0 aromatic rings. The van der Waals surface area contributed by atoms with Crippen molar-refractivity contribution in [2.75, 3.05) is 7.11 Å². The molecule has 1 aliphatic rings. The Morgan fingerprint density at radius 2 is 2.18 bits per heavy atom. The van der Waals surface area contributed by atoms with E-state index in [1.165, 1.54) is 7.11 Å². The van der Waals surface area contributed by atoms with Crippen LogP contribution < -0.4 is 10.6 Å². The van der Waals surface area contributed by atoms with Crippen molar-refractivity contribution in [2.24, 2.45) is 0 Å². The lowest BCUT2D eigenvalue weighted by Gasteiger charge is -2.26. The first-order valence-corrected chi connectivity index (χ1v) is 3.85. The van der Waals surface area contributed by atoms with Gasteiger partial charge in [0.1, 0.15) is 4.83 Å². The number of nitrogens with one attached hydrogen (secondary N) is 2. The lowest BCUT2D eigenvalue weighted by Crippen LogP contribution is -2.59. The third kappa shape index (κ3) is 1.69. The second-order valence-corrected chi connectivity index (χ2v) is 3.01. The van der Waals surface area contributed by atoms with Crippen molar-refractivity contribution in [1.29, 1.82) is 0 Å². The van der Waals surface area contributed by atoms with Crippen LogP contribution in [0.5, 0.6) is 0 Å². The van der Waals surface area contributed by atoms with E-state index >= 15 is 0 Å². The maximum Gasteiger partial charge on any atom is 0.323 e. The van der Waals surface area contributed by atoms with Gasteiger partial charge in [-0.1, -0.05) is 15.9 Å². The number of hydrogen-bond donors (Lipinski definition) is 2. The molecule has 0 bridgehead atoms. The summed E-state index contributed by atoms with van der Waals surface area (Å²) in [5, 5.41) is 4.48. The van der Waals surface area contributed by atoms with Crippen molar-refractivity contribution in [1.82, 2.24) is 10.6 Å². The van der Waals surface area contributed by atoms with Gasteiger partial charge in [0, 0.05) is 7.11 Å². The van der Waals surface area contributed by atoms with Gasteiger partial charge in [0.05, 0.1) is 0 Å². The Morgan fingerprint density at radius 1 is 1.55 bits per heavy atom. The molecule has 0 saturated carbocycles. The predicted molar refractivity (Wildman–Crippen MR) is 40.2 cm³/mol. The molecule has 1 rings (SSSR count). The molecule has 1 fully saturated rings. The van der Waals surface area contributed by atoms with E-state index in [4.69, 9.17) is 4.74 Å². The van der Waals surface area contributed by atoms with E-state index in [-0.39, 0.29) is 5.91 Å². The van der Waals surface area contributed by atoms with Crippen LogP contribution in [0, 0.1) is 0 Å². The van der Waals surface area contributed by atoms with Crippen molar-refractivity contribution in [3.63, 3.8) is 0 Å². The average molecular weight is 223 g/mol. The summed E-state index contributed by atoms with van der Waals surface area (Å²) in [6.07, 6.45) is -0.587. The van der Waals surface area contributed by atoms with Gasteiger partial charge in [-0.05, 0) is 0 Å². The molecule has 11 heavy (non-hydrogen) atoms. The zero-order valence-electron chi connectivity index (χ0n) is 5.76. The minimum absolute atomic E-state index is 0.388. The zero-order valence-corrected chi connectivity index (χ0v) is 7.34. The Labute approximate surface area is 71.6 Å². The van der Waals surface area contributed by atoms with Gasteiger partial charge >= 0.3 is 6.03 Å². The molecule has 62 valence electrons. The Hall–Kier alpha value is -0.620. The fourth-order valence-electron chi connectivity index (χ4n) is 0.735. The Balaban J connectivity index is 2.66. The van der Waals surface area contributed by atoms with E-state index in [2.05, 4.69) is 26.6 Å². The maximum atomic E-state index is 10.9. The summed E-state index contributed by atoms with van der Waals surface area (Å²) in [7, 11) is 1.41. The van der Waals surface area contributed by atoms with Crippen LogP contribution >= 0.6 is 15.9 Å². The summed E-state index contributed by atoms with van der Waals surface area (Å²) in [6.45, 7) is 0. The largest absolute Gasteiger partial charge is 0.360 e. The van der Waals surface area contributed by atoms with Gasteiger partial charge in [-0.25, -0.2) is 4.79 Å². The number of rotatable bonds is 1. The van der Waals surface area contributed by atoms with Crippen LogP contribution in [0.15, 0.2) is 0 Å². The number of hydrogen-bond acceptors (Lipinski definition) is 3. The minimum Gasteiger partial charge on any atom is -0.360 e. The van der Waals surface area contributed by atoms with Gasteiger partial charge in [-0.3, -0.25) is 10.1 Å². The number of carbonyl (C=O) groups excluding carboxylic acids is 2. The molecular formula is C5H7BrN2O3. The number of urea groups is 1. The molecular weight excluding hydrogens is 216 g/mol. The molecule has 0 spiro atoms. The number of imide groups is 1.